The van der Waals surface area contributed by atoms with Crippen molar-refractivity contribution in [3.63, 3.8) is 0 Å². The van der Waals surface area contributed by atoms with E-state index >= 15 is 0 Å². The van der Waals surface area contributed by atoms with Gasteiger partial charge in [0.15, 0.2) is 5.78 Å². The SMILES string of the molecule is CC(=O)COCCOCCOCCOCCOCCNC(C)C. The van der Waals surface area contributed by atoms with E-state index in [1.807, 2.05) is 0 Å². The van der Waals surface area contributed by atoms with Crippen LogP contribution in [-0.2, 0) is 28.5 Å². The molecular formula is C16H33NO6. The number of nitrogens with one attached hydrogen (secondary N) is 1. The van der Waals surface area contributed by atoms with E-state index in [4.69, 9.17) is 23.7 Å². The molecule has 0 atom stereocenters. The highest BCUT2D eigenvalue weighted by atomic mass is 16.6. The lowest BCUT2D eigenvalue weighted by molar-refractivity contribution is -0.122. The van der Waals surface area contributed by atoms with E-state index in [9.17, 15) is 4.79 Å². The van der Waals surface area contributed by atoms with E-state index in [0.29, 0.717) is 65.5 Å². The zero-order valence-electron chi connectivity index (χ0n) is 14.8. The summed E-state index contributed by atoms with van der Waals surface area (Å²) >= 11 is 0. The maximum absolute atomic E-state index is 10.6. The third-order valence-electron chi connectivity index (χ3n) is 2.59. The van der Waals surface area contributed by atoms with E-state index in [0.717, 1.165) is 6.54 Å². The Kier molecular flexibility index (Phi) is 17.3. The van der Waals surface area contributed by atoms with Gasteiger partial charge in [0.05, 0.1) is 59.5 Å². The fourth-order valence-corrected chi connectivity index (χ4v) is 1.52. The van der Waals surface area contributed by atoms with E-state index < -0.39 is 0 Å². The molecule has 0 amide bonds. The van der Waals surface area contributed by atoms with E-state index in [1.54, 1.807) is 0 Å². The summed E-state index contributed by atoms with van der Waals surface area (Å²) in [5.74, 6) is 0.0194. The smallest absolute Gasteiger partial charge is 0.155 e. The Labute approximate surface area is 139 Å². The van der Waals surface area contributed by atoms with Gasteiger partial charge in [0.1, 0.15) is 6.61 Å². The molecule has 0 aromatic carbocycles. The van der Waals surface area contributed by atoms with Crippen molar-refractivity contribution in [2.75, 3.05) is 72.6 Å². The molecule has 0 rings (SSSR count). The summed E-state index contributed by atoms with van der Waals surface area (Å²) in [6, 6.07) is 0.490. The van der Waals surface area contributed by atoms with Crippen LogP contribution in [0.1, 0.15) is 20.8 Å². The lowest BCUT2D eigenvalue weighted by Crippen LogP contribution is -2.27. The number of rotatable bonds is 18. The number of ketones is 1. The summed E-state index contributed by atoms with van der Waals surface area (Å²) in [6.07, 6.45) is 0. The molecule has 0 saturated carbocycles. The zero-order chi connectivity index (χ0) is 17.2. The van der Waals surface area contributed by atoms with Crippen LogP contribution < -0.4 is 5.32 Å². The van der Waals surface area contributed by atoms with Gasteiger partial charge in [-0.2, -0.15) is 0 Å². The molecule has 1 N–H and O–H groups in total. The minimum atomic E-state index is 0.0194. The van der Waals surface area contributed by atoms with Gasteiger partial charge in [0.2, 0.25) is 0 Å². The third kappa shape index (κ3) is 21.4. The molecule has 0 aliphatic rings. The van der Waals surface area contributed by atoms with E-state index in [2.05, 4.69) is 19.2 Å². The van der Waals surface area contributed by atoms with Crippen LogP contribution in [0.15, 0.2) is 0 Å². The molecule has 0 aromatic rings. The highest BCUT2D eigenvalue weighted by molar-refractivity contribution is 5.76. The van der Waals surface area contributed by atoms with Crippen molar-refractivity contribution in [1.29, 1.82) is 0 Å². The molecule has 0 radical (unpaired) electrons. The standard InChI is InChI=1S/C16H33NO6/c1-15(2)17-4-5-19-6-7-20-8-9-21-10-11-22-12-13-23-14-16(3)18/h15,17H,4-14H2,1-3H3. The van der Waals surface area contributed by atoms with Crippen LogP contribution in [0.5, 0.6) is 0 Å². The summed E-state index contributed by atoms with van der Waals surface area (Å²) in [4.78, 5) is 10.6. The second-order valence-corrected chi connectivity index (χ2v) is 5.31. The fourth-order valence-electron chi connectivity index (χ4n) is 1.52. The van der Waals surface area contributed by atoms with Gasteiger partial charge in [0.25, 0.3) is 0 Å². The van der Waals surface area contributed by atoms with Crippen LogP contribution in [0, 0.1) is 0 Å². The second-order valence-electron chi connectivity index (χ2n) is 5.31. The predicted molar refractivity (Wildman–Crippen MR) is 87.9 cm³/mol. The minimum Gasteiger partial charge on any atom is -0.378 e. The van der Waals surface area contributed by atoms with Crippen LogP contribution in [0.25, 0.3) is 0 Å². The molecule has 7 nitrogen and oxygen atoms in total. The van der Waals surface area contributed by atoms with Gasteiger partial charge < -0.3 is 29.0 Å². The first-order valence-electron chi connectivity index (χ1n) is 8.24. The largest absolute Gasteiger partial charge is 0.378 e. The maximum atomic E-state index is 10.6. The van der Waals surface area contributed by atoms with Crippen molar-refractivity contribution < 1.29 is 28.5 Å². The Morgan fingerprint density at radius 1 is 0.739 bits per heavy atom. The summed E-state index contributed by atoms with van der Waals surface area (Å²) < 4.78 is 26.5. The first-order valence-corrected chi connectivity index (χ1v) is 8.24. The number of hydrogen-bond acceptors (Lipinski definition) is 7. The highest BCUT2D eigenvalue weighted by Crippen LogP contribution is 1.84. The van der Waals surface area contributed by atoms with Crippen molar-refractivity contribution in [2.24, 2.45) is 0 Å². The topological polar surface area (TPSA) is 75.3 Å². The lowest BCUT2D eigenvalue weighted by atomic mass is 10.4. The van der Waals surface area contributed by atoms with Gasteiger partial charge >= 0.3 is 0 Å². The van der Waals surface area contributed by atoms with Gasteiger partial charge in [0, 0.05) is 12.6 Å². The summed E-state index contributed by atoms with van der Waals surface area (Å²) in [5, 5.41) is 3.28. The maximum Gasteiger partial charge on any atom is 0.155 e. The molecule has 0 bridgehead atoms. The Bertz CT molecular complexity index is 263. The highest BCUT2D eigenvalue weighted by Gasteiger charge is 1.95. The molecule has 0 aliphatic heterocycles. The van der Waals surface area contributed by atoms with Gasteiger partial charge in [-0.15, -0.1) is 0 Å². The van der Waals surface area contributed by atoms with Gasteiger partial charge in [-0.25, -0.2) is 0 Å². The number of carbonyl (C=O) groups excluding carboxylic acids is 1. The average Bonchev–Trinajstić information content (AvgIpc) is 2.49. The average molecular weight is 335 g/mol. The normalized spacial score (nSPS) is 11.3. The number of hydrogen-bond donors (Lipinski definition) is 1. The molecule has 0 unspecified atom stereocenters. The Morgan fingerprint density at radius 2 is 1.13 bits per heavy atom. The van der Waals surface area contributed by atoms with Gasteiger partial charge in [-0.3, -0.25) is 4.79 Å². The molecule has 23 heavy (non-hydrogen) atoms. The number of carbonyl (C=O) groups is 1. The molecular weight excluding hydrogens is 302 g/mol. The molecule has 0 heterocycles. The Morgan fingerprint density at radius 3 is 1.52 bits per heavy atom. The predicted octanol–water partition coefficient (Wildman–Crippen LogP) is 0.656. The van der Waals surface area contributed by atoms with E-state index in [1.165, 1.54) is 6.92 Å². The summed E-state index contributed by atoms with van der Waals surface area (Å²) in [5.41, 5.74) is 0. The van der Waals surface area contributed by atoms with Crippen molar-refractivity contribution in [3.8, 4) is 0 Å². The van der Waals surface area contributed by atoms with Crippen LogP contribution in [0.2, 0.25) is 0 Å². The number of ether oxygens (including phenoxy) is 5. The fraction of sp³-hybridized carbons (Fsp3) is 0.938. The van der Waals surface area contributed by atoms with Crippen LogP contribution in [0.4, 0.5) is 0 Å². The minimum absolute atomic E-state index is 0.0194. The van der Waals surface area contributed by atoms with Gasteiger partial charge in [-0.05, 0) is 6.92 Å². The molecule has 138 valence electrons. The second kappa shape index (κ2) is 17.8. The van der Waals surface area contributed by atoms with Crippen LogP contribution in [0.3, 0.4) is 0 Å². The number of Topliss-reactive ketones (excluding diaryl/α,β-unsaturated/α-hetero) is 1. The Hall–Kier alpha value is -0.570. The quantitative estimate of drug-likeness (QED) is 0.369. The zero-order valence-corrected chi connectivity index (χ0v) is 14.8. The monoisotopic (exact) mass is 335 g/mol. The van der Waals surface area contributed by atoms with Crippen molar-refractivity contribution in [2.45, 2.75) is 26.8 Å². The molecule has 0 aromatic heterocycles. The van der Waals surface area contributed by atoms with Gasteiger partial charge in [-0.1, -0.05) is 13.8 Å². The van der Waals surface area contributed by atoms with Crippen molar-refractivity contribution in [3.05, 3.63) is 0 Å². The first kappa shape index (κ1) is 22.4. The molecule has 0 fully saturated rings. The third-order valence-corrected chi connectivity index (χ3v) is 2.59. The summed E-state index contributed by atoms with van der Waals surface area (Å²) in [7, 11) is 0. The lowest BCUT2D eigenvalue weighted by Gasteiger charge is -2.09. The van der Waals surface area contributed by atoms with Crippen molar-refractivity contribution in [1.82, 2.24) is 5.32 Å². The molecule has 0 aliphatic carbocycles. The Balaban J connectivity index is 2.99. The summed E-state index contributed by atoms with van der Waals surface area (Å²) in [6.45, 7) is 11.6. The van der Waals surface area contributed by atoms with Crippen molar-refractivity contribution >= 4 is 5.78 Å². The van der Waals surface area contributed by atoms with Crippen LogP contribution in [-0.4, -0.2) is 84.4 Å². The van der Waals surface area contributed by atoms with Crippen LogP contribution >= 0.6 is 0 Å². The first-order chi connectivity index (χ1) is 11.1. The molecule has 0 saturated heterocycles. The molecule has 7 heteroatoms. The molecule has 0 spiro atoms. The van der Waals surface area contributed by atoms with E-state index in [-0.39, 0.29) is 12.4 Å².